The van der Waals surface area contributed by atoms with E-state index in [-0.39, 0.29) is 35.6 Å². The van der Waals surface area contributed by atoms with Gasteiger partial charge in [0.15, 0.2) is 0 Å². The van der Waals surface area contributed by atoms with Crippen LogP contribution in [0.5, 0.6) is 11.5 Å². The SMILES string of the molecule is CCC1(COC(C)c2ccc(Oc3ccc(C(C)OCC4(CC)OC4C)cc3)cc2)OC1C. The van der Waals surface area contributed by atoms with Gasteiger partial charge in [-0.05, 0) is 75.9 Å². The summed E-state index contributed by atoms with van der Waals surface area (Å²) < 4.78 is 29.7. The molecule has 5 heteroatoms. The third kappa shape index (κ3) is 5.43. The molecule has 5 nitrogen and oxygen atoms in total. The minimum absolute atomic E-state index is 0.00974. The van der Waals surface area contributed by atoms with E-state index in [1.807, 2.05) is 24.3 Å². The molecule has 0 N–H and O–H groups in total. The Hall–Kier alpha value is -1.92. The van der Waals surface area contributed by atoms with Gasteiger partial charge < -0.3 is 23.7 Å². The van der Waals surface area contributed by atoms with E-state index >= 15 is 0 Å². The summed E-state index contributed by atoms with van der Waals surface area (Å²) in [4.78, 5) is 0. The average Bonchev–Trinajstić information content (AvgIpc) is 3.71. The zero-order valence-corrected chi connectivity index (χ0v) is 20.8. The molecule has 0 aliphatic carbocycles. The predicted octanol–water partition coefficient (Wildman–Crippen LogP) is 6.77. The van der Waals surface area contributed by atoms with Crippen LogP contribution in [0.1, 0.15) is 77.7 Å². The third-order valence-electron chi connectivity index (χ3n) is 7.48. The number of ether oxygens (including phenoxy) is 5. The largest absolute Gasteiger partial charge is 0.457 e. The van der Waals surface area contributed by atoms with Gasteiger partial charge in [0, 0.05) is 0 Å². The second-order valence-electron chi connectivity index (χ2n) is 9.50. The minimum atomic E-state index is -0.0898. The van der Waals surface area contributed by atoms with Gasteiger partial charge in [-0.15, -0.1) is 0 Å². The van der Waals surface area contributed by atoms with Gasteiger partial charge in [0.25, 0.3) is 0 Å². The highest BCUT2D eigenvalue weighted by Gasteiger charge is 2.52. The van der Waals surface area contributed by atoms with E-state index in [1.165, 1.54) is 0 Å². The first-order valence-corrected chi connectivity index (χ1v) is 12.3. The highest BCUT2D eigenvalue weighted by molar-refractivity contribution is 5.35. The monoisotopic (exact) mass is 454 g/mol. The van der Waals surface area contributed by atoms with Gasteiger partial charge in [-0.25, -0.2) is 0 Å². The van der Waals surface area contributed by atoms with Crippen molar-refractivity contribution in [2.45, 2.75) is 90.0 Å². The summed E-state index contributed by atoms with van der Waals surface area (Å²) in [6, 6.07) is 16.2. The van der Waals surface area contributed by atoms with Crippen molar-refractivity contribution in [3.8, 4) is 11.5 Å². The molecule has 0 saturated carbocycles. The number of hydrogen-bond donors (Lipinski definition) is 0. The van der Waals surface area contributed by atoms with Gasteiger partial charge in [-0.1, -0.05) is 38.1 Å². The Balaban J connectivity index is 1.26. The molecule has 33 heavy (non-hydrogen) atoms. The first-order chi connectivity index (χ1) is 15.8. The lowest BCUT2D eigenvalue weighted by molar-refractivity contribution is 0.0249. The molecule has 2 aliphatic rings. The molecule has 180 valence electrons. The standard InChI is InChI=1S/C28H38O5/c1-7-27(21(5)32-27)17-29-19(3)23-9-13-25(14-10-23)31-26-15-11-24(12-16-26)20(4)30-18-28(8-2)22(6)33-28/h9-16,19-22H,7-8,17-18H2,1-6H3. The van der Waals surface area contributed by atoms with Gasteiger partial charge >= 0.3 is 0 Å². The van der Waals surface area contributed by atoms with Crippen LogP contribution in [0.2, 0.25) is 0 Å². The Kier molecular flexibility index (Phi) is 7.15. The summed E-state index contributed by atoms with van der Waals surface area (Å²) in [6.07, 6.45) is 2.55. The van der Waals surface area contributed by atoms with Gasteiger partial charge in [-0.2, -0.15) is 0 Å². The molecule has 0 bridgehead atoms. The highest BCUT2D eigenvalue weighted by Crippen LogP contribution is 2.41. The van der Waals surface area contributed by atoms with E-state index in [9.17, 15) is 0 Å². The summed E-state index contributed by atoms with van der Waals surface area (Å²) in [5.41, 5.74) is 2.07. The van der Waals surface area contributed by atoms with Gasteiger partial charge in [0.2, 0.25) is 0 Å². The molecule has 2 heterocycles. The van der Waals surface area contributed by atoms with E-state index in [2.05, 4.69) is 65.8 Å². The van der Waals surface area contributed by atoms with Crippen LogP contribution in [-0.2, 0) is 18.9 Å². The molecule has 0 radical (unpaired) electrons. The molecule has 0 aromatic heterocycles. The second kappa shape index (κ2) is 9.75. The van der Waals surface area contributed by atoms with Crippen molar-refractivity contribution < 1.29 is 23.7 Å². The fraction of sp³-hybridized carbons (Fsp3) is 0.571. The lowest BCUT2D eigenvalue weighted by atomic mass is 10.0. The normalized spacial score (nSPS) is 30.0. The molecular weight excluding hydrogens is 416 g/mol. The van der Waals surface area contributed by atoms with Crippen LogP contribution in [0.25, 0.3) is 0 Å². The zero-order chi connectivity index (χ0) is 23.6. The average molecular weight is 455 g/mol. The minimum Gasteiger partial charge on any atom is -0.457 e. The van der Waals surface area contributed by atoms with E-state index in [4.69, 9.17) is 23.7 Å². The highest BCUT2D eigenvalue weighted by atomic mass is 16.6. The van der Waals surface area contributed by atoms with Crippen LogP contribution in [-0.4, -0.2) is 36.6 Å². The van der Waals surface area contributed by atoms with Crippen LogP contribution in [0.4, 0.5) is 0 Å². The molecule has 2 saturated heterocycles. The molecule has 0 spiro atoms. The lowest BCUT2D eigenvalue weighted by Gasteiger charge is -2.18. The van der Waals surface area contributed by atoms with Crippen LogP contribution >= 0.6 is 0 Å². The van der Waals surface area contributed by atoms with Crippen LogP contribution in [0.15, 0.2) is 48.5 Å². The number of rotatable bonds is 12. The summed E-state index contributed by atoms with van der Waals surface area (Å²) in [5, 5.41) is 0. The van der Waals surface area contributed by atoms with E-state index < -0.39 is 0 Å². The molecule has 4 rings (SSSR count). The Morgan fingerprint density at radius 2 is 1.03 bits per heavy atom. The Labute approximate surface area is 198 Å². The topological polar surface area (TPSA) is 52.8 Å². The summed E-state index contributed by atoms with van der Waals surface area (Å²) in [5.74, 6) is 1.61. The van der Waals surface area contributed by atoms with Crippen molar-refractivity contribution in [3.05, 3.63) is 59.7 Å². The van der Waals surface area contributed by atoms with Crippen molar-refractivity contribution in [2.24, 2.45) is 0 Å². The lowest BCUT2D eigenvalue weighted by Crippen LogP contribution is -2.22. The number of epoxide rings is 2. The third-order valence-corrected chi connectivity index (χ3v) is 7.48. The maximum atomic E-state index is 6.08. The van der Waals surface area contributed by atoms with Crippen molar-refractivity contribution in [1.29, 1.82) is 0 Å². The van der Waals surface area contributed by atoms with Gasteiger partial charge in [0.05, 0.1) is 37.6 Å². The molecule has 2 aromatic rings. The van der Waals surface area contributed by atoms with Gasteiger partial charge in [-0.3, -0.25) is 0 Å². The Morgan fingerprint density at radius 3 is 1.30 bits per heavy atom. The first kappa shape index (κ1) is 24.2. The van der Waals surface area contributed by atoms with Crippen molar-refractivity contribution in [1.82, 2.24) is 0 Å². The maximum absolute atomic E-state index is 6.08. The van der Waals surface area contributed by atoms with Gasteiger partial charge in [0.1, 0.15) is 22.7 Å². The summed E-state index contributed by atoms with van der Waals surface area (Å²) in [6.45, 7) is 13.9. The molecule has 2 fully saturated rings. The Morgan fingerprint density at radius 1 is 0.697 bits per heavy atom. The Bertz CT molecular complexity index is 827. The molecule has 0 amide bonds. The first-order valence-electron chi connectivity index (χ1n) is 12.3. The quantitative estimate of drug-likeness (QED) is 0.331. The molecule has 2 aliphatic heterocycles. The summed E-state index contributed by atoms with van der Waals surface area (Å²) in [7, 11) is 0. The number of benzene rings is 2. The van der Waals surface area contributed by atoms with E-state index in [0.717, 1.165) is 35.5 Å². The predicted molar refractivity (Wildman–Crippen MR) is 129 cm³/mol. The number of hydrogen-bond acceptors (Lipinski definition) is 5. The molecular formula is C28H38O5. The fourth-order valence-electron chi connectivity index (χ4n) is 4.36. The second-order valence-corrected chi connectivity index (χ2v) is 9.50. The molecule has 2 aromatic carbocycles. The summed E-state index contributed by atoms with van der Waals surface area (Å²) >= 11 is 0. The van der Waals surface area contributed by atoms with Crippen LogP contribution in [0.3, 0.4) is 0 Å². The fourth-order valence-corrected chi connectivity index (χ4v) is 4.36. The van der Waals surface area contributed by atoms with Crippen molar-refractivity contribution in [3.63, 3.8) is 0 Å². The van der Waals surface area contributed by atoms with E-state index in [1.54, 1.807) is 0 Å². The van der Waals surface area contributed by atoms with E-state index in [0.29, 0.717) is 13.2 Å². The molecule has 6 unspecified atom stereocenters. The smallest absolute Gasteiger partial charge is 0.127 e. The molecule has 6 atom stereocenters. The zero-order valence-electron chi connectivity index (χ0n) is 20.8. The van der Waals surface area contributed by atoms with Crippen LogP contribution in [0, 0.1) is 0 Å². The van der Waals surface area contributed by atoms with Crippen LogP contribution < -0.4 is 4.74 Å². The maximum Gasteiger partial charge on any atom is 0.127 e. The van der Waals surface area contributed by atoms with Crippen molar-refractivity contribution in [2.75, 3.05) is 13.2 Å². The van der Waals surface area contributed by atoms with Crippen molar-refractivity contribution >= 4 is 0 Å².